The molecule has 0 bridgehead atoms. The first-order valence-electron chi connectivity index (χ1n) is 7.33. The molecule has 19 heavy (non-hydrogen) atoms. The Labute approximate surface area is 115 Å². The monoisotopic (exact) mass is 263 g/mol. The van der Waals surface area contributed by atoms with E-state index < -0.39 is 0 Å². The van der Waals surface area contributed by atoms with Crippen molar-refractivity contribution >= 4 is 5.69 Å². The predicted octanol–water partition coefficient (Wildman–Crippen LogP) is 1.94. The number of likely N-dealkylation sites (tertiary alicyclic amines) is 1. The molecule has 2 heterocycles. The fourth-order valence-corrected chi connectivity index (χ4v) is 2.74. The van der Waals surface area contributed by atoms with Crippen molar-refractivity contribution in [3.8, 4) is 0 Å². The summed E-state index contributed by atoms with van der Waals surface area (Å²) in [5.41, 5.74) is 6.40. The van der Waals surface area contributed by atoms with Crippen LogP contribution in [0.25, 0.3) is 0 Å². The fourth-order valence-electron chi connectivity index (χ4n) is 2.74. The van der Waals surface area contributed by atoms with E-state index in [0.29, 0.717) is 5.69 Å². The van der Waals surface area contributed by atoms with Gasteiger partial charge in [0.05, 0.1) is 0 Å². The van der Waals surface area contributed by atoms with Crippen LogP contribution in [0.3, 0.4) is 0 Å². The Morgan fingerprint density at radius 3 is 2.95 bits per heavy atom. The first-order valence-corrected chi connectivity index (χ1v) is 7.33. The summed E-state index contributed by atoms with van der Waals surface area (Å²) in [6, 6.07) is 3.21. The van der Waals surface area contributed by atoms with Gasteiger partial charge in [0.15, 0.2) is 0 Å². The lowest BCUT2D eigenvalue weighted by Gasteiger charge is -2.20. The summed E-state index contributed by atoms with van der Waals surface area (Å²) in [6.07, 6.45) is 6.72. The van der Waals surface area contributed by atoms with Gasteiger partial charge in [0.1, 0.15) is 0 Å². The van der Waals surface area contributed by atoms with E-state index >= 15 is 0 Å². The number of hydrogen-bond acceptors (Lipinski definition) is 3. The molecular weight excluding hydrogens is 238 g/mol. The molecule has 106 valence electrons. The van der Waals surface area contributed by atoms with Crippen molar-refractivity contribution in [2.24, 2.45) is 5.92 Å². The van der Waals surface area contributed by atoms with Crippen molar-refractivity contribution in [3.05, 3.63) is 28.7 Å². The molecule has 1 unspecified atom stereocenters. The number of hydrogen-bond donors (Lipinski definition) is 1. The van der Waals surface area contributed by atoms with Crippen molar-refractivity contribution in [1.82, 2.24) is 9.47 Å². The summed E-state index contributed by atoms with van der Waals surface area (Å²) in [6.45, 7) is 6.59. The third-order valence-corrected chi connectivity index (χ3v) is 3.99. The van der Waals surface area contributed by atoms with Gasteiger partial charge in [-0.15, -0.1) is 0 Å². The fraction of sp³-hybridized carbons (Fsp3) is 0.667. The Morgan fingerprint density at radius 2 is 2.11 bits per heavy atom. The third-order valence-electron chi connectivity index (χ3n) is 3.99. The normalized spacial score (nSPS) is 21.2. The summed E-state index contributed by atoms with van der Waals surface area (Å²) in [7, 11) is 0. The number of aryl methyl sites for hydroxylation is 1. The van der Waals surface area contributed by atoms with Gasteiger partial charge in [-0.3, -0.25) is 4.79 Å². The molecule has 1 saturated heterocycles. The minimum atomic E-state index is 0.0405. The third kappa shape index (κ3) is 4.39. The highest BCUT2D eigenvalue weighted by Gasteiger charge is 2.13. The van der Waals surface area contributed by atoms with Crippen molar-refractivity contribution in [2.45, 2.75) is 39.2 Å². The Bertz CT molecular complexity index is 455. The molecular formula is C15H25N3O. The Morgan fingerprint density at radius 1 is 1.26 bits per heavy atom. The molecule has 0 spiro atoms. The van der Waals surface area contributed by atoms with Crippen LogP contribution in [0.4, 0.5) is 5.69 Å². The summed E-state index contributed by atoms with van der Waals surface area (Å²) in [5.74, 6) is 0.863. The summed E-state index contributed by atoms with van der Waals surface area (Å²) >= 11 is 0. The van der Waals surface area contributed by atoms with Crippen LogP contribution in [0.2, 0.25) is 0 Å². The second-order valence-electron chi connectivity index (χ2n) is 5.73. The van der Waals surface area contributed by atoms with E-state index in [1.54, 1.807) is 22.9 Å². The predicted molar refractivity (Wildman–Crippen MR) is 79.2 cm³/mol. The minimum absolute atomic E-state index is 0.0405. The van der Waals surface area contributed by atoms with Crippen molar-refractivity contribution in [1.29, 1.82) is 0 Å². The van der Waals surface area contributed by atoms with Crippen molar-refractivity contribution in [3.63, 3.8) is 0 Å². The molecule has 4 nitrogen and oxygen atoms in total. The van der Waals surface area contributed by atoms with Gasteiger partial charge in [0.25, 0.3) is 5.56 Å². The van der Waals surface area contributed by atoms with Crippen molar-refractivity contribution in [2.75, 3.05) is 25.4 Å². The number of rotatable bonds is 4. The highest BCUT2D eigenvalue weighted by molar-refractivity contribution is 5.33. The molecule has 1 aliphatic heterocycles. The molecule has 1 aromatic heterocycles. The smallest absolute Gasteiger partial charge is 0.250 e. The van der Waals surface area contributed by atoms with E-state index in [9.17, 15) is 4.79 Å². The molecule has 0 aromatic carbocycles. The van der Waals surface area contributed by atoms with Gasteiger partial charge >= 0.3 is 0 Å². The molecule has 1 fully saturated rings. The van der Waals surface area contributed by atoms with Crippen LogP contribution in [0.15, 0.2) is 23.1 Å². The largest absolute Gasteiger partial charge is 0.398 e. The first kappa shape index (κ1) is 14.1. The average Bonchev–Trinajstić information content (AvgIpc) is 2.59. The lowest BCUT2D eigenvalue weighted by Crippen LogP contribution is -2.28. The quantitative estimate of drug-likeness (QED) is 0.903. The topological polar surface area (TPSA) is 51.3 Å². The molecule has 2 rings (SSSR count). The van der Waals surface area contributed by atoms with E-state index in [1.807, 2.05) is 0 Å². The van der Waals surface area contributed by atoms with Crippen LogP contribution >= 0.6 is 0 Å². The standard InChI is InChI=1S/C15H25N3O/c1-13-4-2-8-17(11-7-13)9-3-10-18-12-14(16)5-6-15(18)19/h5-6,12-13H,2-4,7-11,16H2,1H3. The Balaban J connectivity index is 1.79. The molecule has 0 radical (unpaired) electrons. The molecule has 1 atom stereocenters. The summed E-state index contributed by atoms with van der Waals surface area (Å²) in [4.78, 5) is 14.2. The maximum Gasteiger partial charge on any atom is 0.250 e. The first-order chi connectivity index (χ1) is 9.15. The van der Waals surface area contributed by atoms with Gasteiger partial charge < -0.3 is 15.2 Å². The van der Waals surface area contributed by atoms with E-state index in [1.165, 1.54) is 32.4 Å². The number of pyridine rings is 1. The number of anilines is 1. The average molecular weight is 263 g/mol. The maximum absolute atomic E-state index is 11.6. The van der Waals surface area contributed by atoms with E-state index in [-0.39, 0.29) is 5.56 Å². The molecule has 4 heteroatoms. The molecule has 0 amide bonds. The number of aromatic nitrogens is 1. The zero-order valence-electron chi connectivity index (χ0n) is 11.8. The SMILES string of the molecule is CC1CCCN(CCCn2cc(N)ccc2=O)CC1. The van der Waals surface area contributed by atoms with Crippen LogP contribution in [0, 0.1) is 5.92 Å². The lowest BCUT2D eigenvalue weighted by molar-refractivity contribution is 0.272. The number of nitrogens with two attached hydrogens (primary N) is 1. The van der Waals surface area contributed by atoms with Gasteiger partial charge in [-0.25, -0.2) is 0 Å². The molecule has 1 aliphatic rings. The molecule has 0 aliphatic carbocycles. The van der Waals surface area contributed by atoms with Gasteiger partial charge in [-0.2, -0.15) is 0 Å². The lowest BCUT2D eigenvalue weighted by atomic mass is 10.0. The molecule has 0 saturated carbocycles. The second kappa shape index (κ2) is 6.75. The van der Waals surface area contributed by atoms with Crippen LogP contribution in [0.1, 0.15) is 32.6 Å². The van der Waals surface area contributed by atoms with Gasteiger partial charge in [-0.1, -0.05) is 6.92 Å². The second-order valence-corrected chi connectivity index (χ2v) is 5.73. The Hall–Kier alpha value is -1.29. The highest BCUT2D eigenvalue weighted by atomic mass is 16.1. The minimum Gasteiger partial charge on any atom is -0.398 e. The van der Waals surface area contributed by atoms with E-state index in [2.05, 4.69) is 11.8 Å². The molecule has 2 N–H and O–H groups in total. The van der Waals surface area contributed by atoms with E-state index in [4.69, 9.17) is 5.73 Å². The number of nitrogens with zero attached hydrogens (tertiary/aromatic N) is 2. The van der Waals surface area contributed by atoms with Gasteiger partial charge in [0, 0.05) is 24.5 Å². The summed E-state index contributed by atoms with van der Waals surface area (Å²) < 4.78 is 1.72. The van der Waals surface area contributed by atoms with Crippen molar-refractivity contribution < 1.29 is 0 Å². The highest BCUT2D eigenvalue weighted by Crippen LogP contribution is 2.16. The van der Waals surface area contributed by atoms with Gasteiger partial charge in [-0.05, 0) is 57.3 Å². The maximum atomic E-state index is 11.6. The molecule has 1 aromatic rings. The van der Waals surface area contributed by atoms with Crippen LogP contribution < -0.4 is 11.3 Å². The van der Waals surface area contributed by atoms with Crippen LogP contribution in [-0.4, -0.2) is 29.1 Å². The van der Waals surface area contributed by atoms with Crippen LogP contribution in [-0.2, 0) is 6.54 Å². The Kier molecular flexibility index (Phi) is 5.02. The summed E-state index contributed by atoms with van der Waals surface area (Å²) in [5, 5.41) is 0. The zero-order valence-corrected chi connectivity index (χ0v) is 11.8. The number of nitrogen functional groups attached to an aromatic ring is 1. The van der Waals surface area contributed by atoms with Gasteiger partial charge in [0.2, 0.25) is 0 Å². The zero-order chi connectivity index (χ0) is 13.7. The van der Waals surface area contributed by atoms with E-state index in [0.717, 1.165) is 25.4 Å². The van der Waals surface area contributed by atoms with Crippen LogP contribution in [0.5, 0.6) is 0 Å².